The van der Waals surface area contributed by atoms with E-state index >= 15 is 0 Å². The molecule has 0 amide bonds. The summed E-state index contributed by atoms with van der Waals surface area (Å²) in [4.78, 5) is 25.1. The number of hydrogen-bond donors (Lipinski definition) is 1. The number of fused-ring (bicyclic) bond motifs is 1. The van der Waals surface area contributed by atoms with Crippen LogP contribution >= 0.6 is 11.8 Å². The van der Waals surface area contributed by atoms with Gasteiger partial charge in [-0.15, -0.1) is 11.8 Å². The third-order valence-electron chi connectivity index (χ3n) is 5.11. The maximum atomic E-state index is 13.0. The lowest BCUT2D eigenvalue weighted by Gasteiger charge is -2.14. The van der Waals surface area contributed by atoms with Gasteiger partial charge in [0.05, 0.1) is 11.0 Å². The number of carbonyl (C=O) groups is 1. The molecule has 6 nitrogen and oxygen atoms in total. The predicted molar refractivity (Wildman–Crippen MR) is 102 cm³/mol. The molecule has 4 rings (SSSR count). The van der Waals surface area contributed by atoms with Crippen molar-refractivity contribution in [2.24, 2.45) is 7.05 Å². The number of alkyl halides is 3. The van der Waals surface area contributed by atoms with Gasteiger partial charge in [-0.2, -0.15) is 13.2 Å². The molecule has 3 aromatic heterocycles. The summed E-state index contributed by atoms with van der Waals surface area (Å²) in [6, 6.07) is 2.78. The number of rotatable bonds is 5. The number of aliphatic carboxylic acids is 1. The Morgan fingerprint density at radius 3 is 2.59 bits per heavy atom. The molecule has 0 atom stereocenters. The molecule has 0 radical (unpaired) electrons. The average molecular weight is 422 g/mol. The van der Waals surface area contributed by atoms with Crippen LogP contribution in [0.25, 0.3) is 22.7 Å². The maximum Gasteiger partial charge on any atom is 0.417 e. The van der Waals surface area contributed by atoms with Crippen molar-refractivity contribution in [3.8, 4) is 11.5 Å². The molecule has 29 heavy (non-hydrogen) atoms. The summed E-state index contributed by atoms with van der Waals surface area (Å²) < 4.78 is 40.6. The summed E-state index contributed by atoms with van der Waals surface area (Å²) in [5, 5.41) is 9.54. The van der Waals surface area contributed by atoms with E-state index in [1.165, 1.54) is 18.0 Å². The van der Waals surface area contributed by atoms with Gasteiger partial charge >= 0.3 is 12.1 Å². The number of pyridine rings is 2. The Morgan fingerprint density at radius 1 is 1.28 bits per heavy atom. The Morgan fingerprint density at radius 2 is 2.00 bits per heavy atom. The second kappa shape index (κ2) is 6.72. The fourth-order valence-corrected chi connectivity index (χ4v) is 4.14. The quantitative estimate of drug-likeness (QED) is 0.619. The minimum Gasteiger partial charge on any atom is -0.481 e. The number of thioether (sulfide) groups is 1. The Kier molecular flexibility index (Phi) is 4.56. The fraction of sp³-hybridized carbons (Fsp3) is 0.368. The van der Waals surface area contributed by atoms with Crippen molar-refractivity contribution in [2.45, 2.75) is 36.3 Å². The summed E-state index contributed by atoms with van der Waals surface area (Å²) in [6.07, 6.45) is -1.05. The van der Waals surface area contributed by atoms with Crippen LogP contribution in [0.5, 0.6) is 0 Å². The standard InChI is InChI=1S/C19H17F3N4O2S/c1-3-29-13-7-10(18(4-5-18)17(27)28)8-23-14(13)16-25-12-6-11(19(20,21)22)9-24-15(12)26(16)2/h6-9H,3-5H2,1-2H3,(H,27,28). The lowest BCUT2D eigenvalue weighted by molar-refractivity contribution is -0.140. The predicted octanol–water partition coefficient (Wildman–Crippen LogP) is 4.28. The van der Waals surface area contributed by atoms with Gasteiger partial charge in [-0.1, -0.05) is 6.92 Å². The van der Waals surface area contributed by atoms with Crippen LogP contribution in [-0.2, 0) is 23.4 Å². The zero-order valence-corrected chi connectivity index (χ0v) is 16.4. The van der Waals surface area contributed by atoms with Crippen LogP contribution < -0.4 is 0 Å². The van der Waals surface area contributed by atoms with Gasteiger partial charge in [-0.05, 0) is 36.3 Å². The Labute approximate surface area is 168 Å². The van der Waals surface area contributed by atoms with Crippen LogP contribution in [0.15, 0.2) is 29.4 Å². The molecule has 152 valence electrons. The summed E-state index contributed by atoms with van der Waals surface area (Å²) in [5.41, 5.74) is -0.171. The topological polar surface area (TPSA) is 80.9 Å². The Balaban J connectivity index is 1.84. The first-order valence-electron chi connectivity index (χ1n) is 8.94. The van der Waals surface area contributed by atoms with Gasteiger partial charge in [-0.25, -0.2) is 9.97 Å². The van der Waals surface area contributed by atoms with E-state index in [4.69, 9.17) is 0 Å². The second-order valence-corrected chi connectivity index (χ2v) is 8.26. The molecule has 3 aromatic rings. The normalized spacial score (nSPS) is 15.6. The minimum atomic E-state index is -4.50. The average Bonchev–Trinajstić information content (AvgIpc) is 3.41. The first kappa shape index (κ1) is 19.7. The molecule has 0 bridgehead atoms. The van der Waals surface area contributed by atoms with Crippen molar-refractivity contribution in [1.29, 1.82) is 0 Å². The molecule has 0 aromatic carbocycles. The van der Waals surface area contributed by atoms with Crippen LogP contribution in [0.4, 0.5) is 13.2 Å². The van der Waals surface area contributed by atoms with Gasteiger partial charge in [-0.3, -0.25) is 9.78 Å². The van der Waals surface area contributed by atoms with E-state index in [0.717, 1.165) is 22.9 Å². The zero-order chi connectivity index (χ0) is 21.0. The molecular formula is C19H17F3N4O2S. The molecule has 0 aliphatic heterocycles. The summed E-state index contributed by atoms with van der Waals surface area (Å²) >= 11 is 1.48. The lowest BCUT2D eigenvalue weighted by Crippen LogP contribution is -2.20. The number of halogens is 3. The van der Waals surface area contributed by atoms with Gasteiger partial charge in [0.1, 0.15) is 11.2 Å². The second-order valence-electron chi connectivity index (χ2n) is 6.95. The highest BCUT2D eigenvalue weighted by molar-refractivity contribution is 7.99. The first-order chi connectivity index (χ1) is 13.7. The maximum absolute atomic E-state index is 13.0. The molecule has 3 heterocycles. The van der Waals surface area contributed by atoms with Crippen molar-refractivity contribution in [3.63, 3.8) is 0 Å². The number of hydrogen-bond acceptors (Lipinski definition) is 5. The zero-order valence-electron chi connectivity index (χ0n) is 15.6. The van der Waals surface area contributed by atoms with Gasteiger partial charge in [0, 0.05) is 24.3 Å². The highest BCUT2D eigenvalue weighted by Crippen LogP contribution is 2.49. The van der Waals surface area contributed by atoms with Gasteiger partial charge in [0.2, 0.25) is 0 Å². The number of carboxylic acids is 1. The van der Waals surface area contributed by atoms with Crippen LogP contribution in [0, 0.1) is 0 Å². The number of carboxylic acid groups (broad SMARTS) is 1. The van der Waals surface area contributed by atoms with E-state index in [-0.39, 0.29) is 5.52 Å². The van der Waals surface area contributed by atoms with Gasteiger partial charge in [0.15, 0.2) is 11.5 Å². The minimum absolute atomic E-state index is 0.125. The Hall–Kier alpha value is -2.62. The largest absolute Gasteiger partial charge is 0.481 e. The smallest absolute Gasteiger partial charge is 0.417 e. The van der Waals surface area contributed by atoms with E-state index in [9.17, 15) is 23.1 Å². The van der Waals surface area contributed by atoms with E-state index in [2.05, 4.69) is 15.0 Å². The van der Waals surface area contributed by atoms with Crippen LogP contribution in [0.2, 0.25) is 0 Å². The van der Waals surface area contributed by atoms with E-state index in [1.807, 2.05) is 13.0 Å². The highest BCUT2D eigenvalue weighted by Gasteiger charge is 2.52. The van der Waals surface area contributed by atoms with Crippen LogP contribution in [-0.4, -0.2) is 36.3 Å². The highest BCUT2D eigenvalue weighted by atomic mass is 32.2. The van der Waals surface area contributed by atoms with Crippen molar-refractivity contribution >= 4 is 28.9 Å². The lowest BCUT2D eigenvalue weighted by atomic mass is 9.98. The Bertz CT molecular complexity index is 1120. The number of imidazole rings is 1. The SMILES string of the molecule is CCSc1cc(C2(C(=O)O)CC2)cnc1-c1nc2cc(C(F)(F)F)cnc2n1C. The molecule has 1 saturated carbocycles. The van der Waals surface area contributed by atoms with E-state index < -0.39 is 23.1 Å². The molecule has 1 aliphatic carbocycles. The molecular weight excluding hydrogens is 405 g/mol. The number of aryl methyl sites for hydroxylation is 1. The van der Waals surface area contributed by atoms with Crippen molar-refractivity contribution in [2.75, 3.05) is 5.75 Å². The van der Waals surface area contributed by atoms with Gasteiger partial charge < -0.3 is 9.67 Å². The molecule has 1 aliphatic rings. The molecule has 1 fully saturated rings. The van der Waals surface area contributed by atoms with Crippen LogP contribution in [0.3, 0.4) is 0 Å². The number of nitrogens with zero attached hydrogens (tertiary/aromatic N) is 4. The van der Waals surface area contributed by atoms with Crippen molar-refractivity contribution in [3.05, 3.63) is 35.7 Å². The number of aromatic nitrogens is 4. The molecule has 10 heteroatoms. The molecule has 0 saturated heterocycles. The molecule has 0 spiro atoms. The van der Waals surface area contributed by atoms with Crippen molar-refractivity contribution < 1.29 is 23.1 Å². The fourth-order valence-electron chi connectivity index (χ4n) is 3.33. The summed E-state index contributed by atoms with van der Waals surface area (Å²) in [6.45, 7) is 1.96. The summed E-state index contributed by atoms with van der Waals surface area (Å²) in [7, 11) is 1.67. The van der Waals surface area contributed by atoms with Gasteiger partial charge in [0.25, 0.3) is 0 Å². The van der Waals surface area contributed by atoms with Crippen LogP contribution in [0.1, 0.15) is 30.9 Å². The third-order valence-corrected chi connectivity index (χ3v) is 6.02. The molecule has 1 N–H and O–H groups in total. The van der Waals surface area contributed by atoms with E-state index in [1.54, 1.807) is 11.6 Å². The summed E-state index contributed by atoms with van der Waals surface area (Å²) in [5.74, 6) is 0.235. The van der Waals surface area contributed by atoms with E-state index in [0.29, 0.717) is 35.6 Å². The first-order valence-corrected chi connectivity index (χ1v) is 9.92. The molecule has 0 unspecified atom stereocenters. The van der Waals surface area contributed by atoms with Crippen molar-refractivity contribution in [1.82, 2.24) is 19.5 Å². The monoisotopic (exact) mass is 422 g/mol. The third kappa shape index (κ3) is 3.25.